The number of rotatable bonds is 0. The highest BCUT2D eigenvalue weighted by atomic mass is 15.0. The topological polar surface area (TPSA) is 40.1 Å². The lowest BCUT2D eigenvalue weighted by atomic mass is 10.0. The van der Waals surface area contributed by atoms with Crippen LogP contribution in [-0.4, -0.2) is 18.6 Å². The van der Waals surface area contributed by atoms with Crippen molar-refractivity contribution < 1.29 is 0 Å². The van der Waals surface area contributed by atoms with Gasteiger partial charge in [0.15, 0.2) is 0 Å². The molecular weight excluding hydrogens is 88.1 g/mol. The predicted octanol–water partition coefficient (Wildman–Crippen LogP) is -0.288. The van der Waals surface area contributed by atoms with Crippen molar-refractivity contribution in [2.75, 3.05) is 13.1 Å². The van der Waals surface area contributed by atoms with Crippen LogP contribution in [0, 0.1) is 0 Å². The summed E-state index contributed by atoms with van der Waals surface area (Å²) >= 11 is 0. The zero-order chi connectivity index (χ0) is 5.33. The summed E-state index contributed by atoms with van der Waals surface area (Å²) in [5.74, 6) is 0. The van der Waals surface area contributed by atoms with E-state index in [1.807, 2.05) is 6.92 Å². The molecule has 0 aliphatic carbocycles. The molecule has 1 aliphatic heterocycles. The van der Waals surface area contributed by atoms with Crippen LogP contribution in [0.5, 0.6) is 0 Å². The third-order valence-corrected chi connectivity index (χ3v) is 1.31. The summed E-state index contributed by atoms with van der Waals surface area (Å²) in [4.78, 5) is 0. The third-order valence-electron chi connectivity index (χ3n) is 1.31. The minimum Gasteiger partial charge on any atom is -0.324 e. The van der Waals surface area contributed by atoms with Gasteiger partial charge in [0.2, 0.25) is 0 Å². The highest BCUT2D eigenvalue weighted by Gasteiger charge is 2.23. The largest absolute Gasteiger partial charge is 0.324 e. The first kappa shape index (κ1) is 5.06. The van der Waals surface area contributed by atoms with Crippen molar-refractivity contribution in [1.82, 2.24) is 5.32 Å². The molecule has 1 saturated heterocycles. The molecule has 1 unspecified atom stereocenters. The summed E-state index contributed by atoms with van der Waals surface area (Å²) in [6.45, 7) is 3.86. The van der Waals surface area contributed by atoms with E-state index in [0.29, 0.717) is 0 Å². The Morgan fingerprint density at radius 3 is 2.57 bits per heavy atom. The van der Waals surface area contributed by atoms with E-state index < -0.39 is 0 Å². The fourth-order valence-electron chi connectivity index (χ4n) is 0.748. The Morgan fingerprint density at radius 2 is 2.43 bits per heavy atom. The molecule has 1 atom stereocenters. The van der Waals surface area contributed by atoms with Gasteiger partial charge in [-0.15, -0.1) is 0 Å². The summed E-state index contributed by atoms with van der Waals surface area (Å²) in [6.07, 6.45) is 1.06. The van der Waals surface area contributed by atoms with Crippen molar-refractivity contribution in [3.05, 3.63) is 0 Å². The SMILES string of the molecule is CC1(N)CC[N]C1. The number of hydrogen-bond donors (Lipinski definition) is 1. The van der Waals surface area contributed by atoms with Crippen molar-refractivity contribution in [1.29, 1.82) is 0 Å². The van der Waals surface area contributed by atoms with Gasteiger partial charge in [0, 0.05) is 18.6 Å². The summed E-state index contributed by atoms with van der Waals surface area (Å²) in [6, 6.07) is 0. The lowest BCUT2D eigenvalue weighted by Crippen LogP contribution is -2.36. The molecule has 0 aromatic rings. The summed E-state index contributed by atoms with van der Waals surface area (Å²) in [5, 5.41) is 4.11. The van der Waals surface area contributed by atoms with Crippen LogP contribution in [-0.2, 0) is 0 Å². The van der Waals surface area contributed by atoms with Gasteiger partial charge in [-0.1, -0.05) is 0 Å². The molecule has 2 heteroatoms. The Bertz CT molecular complexity index is 60.5. The van der Waals surface area contributed by atoms with Crippen LogP contribution in [0.1, 0.15) is 13.3 Å². The van der Waals surface area contributed by atoms with E-state index in [1.165, 1.54) is 0 Å². The molecule has 0 aromatic heterocycles. The molecule has 1 aliphatic rings. The smallest absolute Gasteiger partial charge is 0.0311 e. The van der Waals surface area contributed by atoms with Gasteiger partial charge in [-0.05, 0) is 13.3 Å². The van der Waals surface area contributed by atoms with Gasteiger partial charge in [-0.25, -0.2) is 5.32 Å². The standard InChI is InChI=1S/C5H11N2/c1-5(6)2-3-7-4-5/h2-4,6H2,1H3. The van der Waals surface area contributed by atoms with Gasteiger partial charge in [-0.3, -0.25) is 0 Å². The van der Waals surface area contributed by atoms with E-state index in [0.717, 1.165) is 19.5 Å². The third kappa shape index (κ3) is 1.14. The van der Waals surface area contributed by atoms with Crippen LogP contribution >= 0.6 is 0 Å². The molecule has 0 saturated carbocycles. The van der Waals surface area contributed by atoms with Crippen LogP contribution in [0.25, 0.3) is 0 Å². The second-order valence-corrected chi connectivity index (χ2v) is 2.51. The molecule has 41 valence electrons. The van der Waals surface area contributed by atoms with E-state index in [2.05, 4.69) is 5.32 Å². The van der Waals surface area contributed by atoms with Crippen LogP contribution in [0.3, 0.4) is 0 Å². The van der Waals surface area contributed by atoms with Crippen LogP contribution in [0.2, 0.25) is 0 Å². The summed E-state index contributed by atoms with van der Waals surface area (Å²) in [5.41, 5.74) is 5.71. The molecule has 0 amide bonds. The minimum absolute atomic E-state index is 0.0278. The minimum atomic E-state index is 0.0278. The van der Waals surface area contributed by atoms with Gasteiger partial charge in [0.05, 0.1) is 0 Å². The first-order valence-electron chi connectivity index (χ1n) is 2.63. The first-order chi connectivity index (χ1) is 3.21. The van der Waals surface area contributed by atoms with Gasteiger partial charge in [0.25, 0.3) is 0 Å². The number of nitrogens with two attached hydrogens (primary N) is 1. The molecule has 7 heavy (non-hydrogen) atoms. The average molecular weight is 99.2 g/mol. The molecular formula is C5H11N2. The van der Waals surface area contributed by atoms with E-state index in [1.54, 1.807) is 0 Å². The molecule has 2 N–H and O–H groups in total. The normalized spacial score (nSPS) is 42.0. The maximum atomic E-state index is 5.68. The highest BCUT2D eigenvalue weighted by molar-refractivity contribution is 4.86. The van der Waals surface area contributed by atoms with Gasteiger partial charge >= 0.3 is 0 Å². The molecule has 0 bridgehead atoms. The monoisotopic (exact) mass is 99.1 g/mol. The summed E-state index contributed by atoms with van der Waals surface area (Å²) in [7, 11) is 0. The fraction of sp³-hybridized carbons (Fsp3) is 1.00. The van der Waals surface area contributed by atoms with Crippen molar-refractivity contribution in [2.45, 2.75) is 18.9 Å². The average Bonchev–Trinajstić information content (AvgIpc) is 1.84. The summed E-state index contributed by atoms with van der Waals surface area (Å²) < 4.78 is 0. The Labute approximate surface area is 44.1 Å². The van der Waals surface area contributed by atoms with E-state index in [4.69, 9.17) is 5.73 Å². The van der Waals surface area contributed by atoms with Crippen molar-refractivity contribution in [3.8, 4) is 0 Å². The quantitative estimate of drug-likeness (QED) is 0.445. The Morgan fingerprint density at radius 1 is 1.71 bits per heavy atom. The number of nitrogens with zero attached hydrogens (tertiary/aromatic N) is 1. The van der Waals surface area contributed by atoms with Gasteiger partial charge in [-0.2, -0.15) is 0 Å². The second-order valence-electron chi connectivity index (χ2n) is 2.51. The molecule has 1 rings (SSSR count). The predicted molar refractivity (Wildman–Crippen MR) is 29.1 cm³/mol. The maximum absolute atomic E-state index is 5.68. The molecule has 1 fully saturated rings. The lowest BCUT2D eigenvalue weighted by Gasteiger charge is -2.12. The maximum Gasteiger partial charge on any atom is 0.0311 e. The zero-order valence-corrected chi connectivity index (χ0v) is 4.65. The Kier molecular flexibility index (Phi) is 1.05. The molecule has 2 nitrogen and oxygen atoms in total. The fourth-order valence-corrected chi connectivity index (χ4v) is 0.748. The van der Waals surface area contributed by atoms with Crippen LogP contribution < -0.4 is 11.1 Å². The van der Waals surface area contributed by atoms with Gasteiger partial charge in [0.1, 0.15) is 0 Å². The van der Waals surface area contributed by atoms with Crippen LogP contribution in [0.4, 0.5) is 0 Å². The lowest BCUT2D eigenvalue weighted by molar-refractivity contribution is 0.518. The van der Waals surface area contributed by atoms with E-state index in [9.17, 15) is 0 Å². The van der Waals surface area contributed by atoms with Gasteiger partial charge < -0.3 is 5.73 Å². The number of hydrogen-bond acceptors (Lipinski definition) is 1. The molecule has 1 radical (unpaired) electrons. The molecule has 0 spiro atoms. The molecule has 0 aromatic carbocycles. The van der Waals surface area contributed by atoms with E-state index >= 15 is 0 Å². The van der Waals surface area contributed by atoms with Crippen molar-refractivity contribution in [2.24, 2.45) is 5.73 Å². The highest BCUT2D eigenvalue weighted by Crippen LogP contribution is 2.08. The first-order valence-corrected chi connectivity index (χ1v) is 2.63. The second kappa shape index (κ2) is 1.46. The Balaban J connectivity index is 2.40. The van der Waals surface area contributed by atoms with Crippen LogP contribution in [0.15, 0.2) is 0 Å². The van der Waals surface area contributed by atoms with Crippen molar-refractivity contribution in [3.63, 3.8) is 0 Å². The molecule has 1 heterocycles. The zero-order valence-electron chi connectivity index (χ0n) is 4.65. The van der Waals surface area contributed by atoms with E-state index in [-0.39, 0.29) is 5.54 Å². The van der Waals surface area contributed by atoms with Crippen molar-refractivity contribution >= 4 is 0 Å². The Hall–Kier alpha value is -0.0800.